The molecule has 0 spiro atoms. The van der Waals surface area contributed by atoms with Gasteiger partial charge in [0.25, 0.3) is 0 Å². The molecule has 0 amide bonds. The van der Waals surface area contributed by atoms with E-state index in [1.54, 1.807) is 0 Å². The van der Waals surface area contributed by atoms with Gasteiger partial charge in [-0.1, -0.05) is 13.8 Å². The molecular weight excluding hydrogens is 244 g/mol. The van der Waals surface area contributed by atoms with Crippen molar-refractivity contribution >= 4 is 11.8 Å². The van der Waals surface area contributed by atoms with Crippen LogP contribution in [0.4, 0.5) is 0 Å². The Kier molecular flexibility index (Phi) is 5.54. The summed E-state index contributed by atoms with van der Waals surface area (Å²) in [5.41, 5.74) is 2.88. The van der Waals surface area contributed by atoms with Crippen LogP contribution in [0.2, 0.25) is 0 Å². The van der Waals surface area contributed by atoms with E-state index in [1.807, 2.05) is 11.8 Å². The molecule has 0 aromatic carbocycles. The number of thioether (sulfide) groups is 1. The van der Waals surface area contributed by atoms with Crippen LogP contribution in [0.25, 0.3) is 0 Å². The minimum absolute atomic E-state index is 0.0357. The maximum Gasteiger partial charge on any atom is 0.0678 e. The molecule has 0 aliphatic carbocycles. The van der Waals surface area contributed by atoms with Crippen molar-refractivity contribution in [1.82, 2.24) is 5.43 Å². The Morgan fingerprint density at radius 1 is 1.28 bits per heavy atom. The topological polar surface area (TPSA) is 47.3 Å². The lowest BCUT2D eigenvalue weighted by molar-refractivity contribution is -0.0769. The van der Waals surface area contributed by atoms with E-state index < -0.39 is 0 Å². The molecule has 3 nitrogen and oxygen atoms in total. The van der Waals surface area contributed by atoms with Gasteiger partial charge in [-0.25, -0.2) is 0 Å². The molecule has 1 aliphatic rings. The van der Waals surface area contributed by atoms with E-state index in [4.69, 9.17) is 10.6 Å². The van der Waals surface area contributed by atoms with E-state index in [2.05, 4.69) is 47.0 Å². The zero-order chi connectivity index (χ0) is 14.0. The predicted octanol–water partition coefficient (Wildman–Crippen LogP) is 2.80. The van der Waals surface area contributed by atoms with E-state index in [9.17, 15) is 0 Å². The maximum absolute atomic E-state index is 6.15. The van der Waals surface area contributed by atoms with Gasteiger partial charge in [0.15, 0.2) is 0 Å². The van der Waals surface area contributed by atoms with Crippen molar-refractivity contribution in [3.8, 4) is 0 Å². The van der Waals surface area contributed by atoms with Crippen molar-refractivity contribution in [1.29, 1.82) is 0 Å². The van der Waals surface area contributed by atoms with Gasteiger partial charge in [-0.2, -0.15) is 11.8 Å². The lowest BCUT2D eigenvalue weighted by Gasteiger charge is -2.32. The highest BCUT2D eigenvalue weighted by Gasteiger charge is 2.48. The van der Waals surface area contributed by atoms with Crippen molar-refractivity contribution in [2.45, 2.75) is 65.2 Å². The summed E-state index contributed by atoms with van der Waals surface area (Å²) in [6.45, 7) is 13.2. The average Bonchev–Trinajstić information content (AvgIpc) is 2.41. The summed E-state index contributed by atoms with van der Waals surface area (Å²) in [5.74, 6) is 9.21. The first-order chi connectivity index (χ1) is 8.18. The minimum Gasteiger partial charge on any atom is -0.369 e. The minimum atomic E-state index is -0.0983. The Morgan fingerprint density at radius 2 is 1.89 bits per heavy atom. The van der Waals surface area contributed by atoms with Crippen molar-refractivity contribution in [2.24, 2.45) is 17.7 Å². The zero-order valence-corrected chi connectivity index (χ0v) is 13.6. The molecule has 1 heterocycles. The molecule has 1 saturated heterocycles. The Hall–Kier alpha value is 0.230. The monoisotopic (exact) mass is 274 g/mol. The standard InChI is InChI=1S/C14H30N2OS/c1-10(2)8-18-9-12(16-15)11-7-13(3,4)17-14(11,5)6/h10-12,16H,7-9,15H2,1-6H3. The van der Waals surface area contributed by atoms with E-state index in [1.165, 1.54) is 5.75 Å². The molecule has 0 aromatic heterocycles. The molecule has 0 bridgehead atoms. The number of rotatable bonds is 6. The molecule has 18 heavy (non-hydrogen) atoms. The van der Waals surface area contributed by atoms with Crippen molar-refractivity contribution in [3.05, 3.63) is 0 Å². The summed E-state index contributed by atoms with van der Waals surface area (Å²) in [7, 11) is 0. The van der Waals surface area contributed by atoms with Crippen molar-refractivity contribution in [3.63, 3.8) is 0 Å². The summed E-state index contributed by atoms with van der Waals surface area (Å²) in [4.78, 5) is 0. The van der Waals surface area contributed by atoms with Crippen LogP contribution in [-0.4, -0.2) is 28.7 Å². The summed E-state index contributed by atoms with van der Waals surface area (Å²) >= 11 is 1.98. The zero-order valence-electron chi connectivity index (χ0n) is 12.7. The van der Waals surface area contributed by atoms with E-state index in [0.29, 0.717) is 12.0 Å². The van der Waals surface area contributed by atoms with Crippen LogP contribution in [0.3, 0.4) is 0 Å². The van der Waals surface area contributed by atoms with E-state index >= 15 is 0 Å². The maximum atomic E-state index is 6.15. The quantitative estimate of drug-likeness (QED) is 0.577. The summed E-state index contributed by atoms with van der Waals surface area (Å²) in [6.07, 6.45) is 1.07. The van der Waals surface area contributed by atoms with Crippen LogP contribution in [0.1, 0.15) is 48.0 Å². The van der Waals surface area contributed by atoms with Gasteiger partial charge in [0, 0.05) is 17.7 Å². The fourth-order valence-corrected chi connectivity index (χ4v) is 4.13. The second kappa shape index (κ2) is 6.12. The Balaban J connectivity index is 2.59. The highest BCUT2D eigenvalue weighted by atomic mass is 32.2. The lowest BCUT2D eigenvalue weighted by atomic mass is 9.82. The van der Waals surface area contributed by atoms with Crippen LogP contribution in [0.15, 0.2) is 0 Å². The molecule has 1 rings (SSSR count). The van der Waals surface area contributed by atoms with E-state index in [-0.39, 0.29) is 11.2 Å². The Bertz CT molecular complexity index is 267. The van der Waals surface area contributed by atoms with Crippen molar-refractivity contribution in [2.75, 3.05) is 11.5 Å². The molecule has 1 fully saturated rings. The molecule has 4 heteroatoms. The summed E-state index contributed by atoms with van der Waals surface area (Å²) < 4.78 is 6.15. The third-order valence-corrected chi connectivity index (χ3v) is 5.09. The van der Waals surface area contributed by atoms with Gasteiger partial charge in [-0.15, -0.1) is 0 Å². The van der Waals surface area contributed by atoms with Gasteiger partial charge in [-0.3, -0.25) is 11.3 Å². The molecule has 0 radical (unpaired) electrons. The number of ether oxygens (including phenoxy) is 1. The molecule has 0 aromatic rings. The molecule has 2 unspecified atom stereocenters. The Morgan fingerprint density at radius 3 is 2.28 bits per heavy atom. The smallest absolute Gasteiger partial charge is 0.0678 e. The lowest BCUT2D eigenvalue weighted by Crippen LogP contribution is -2.48. The van der Waals surface area contributed by atoms with Crippen LogP contribution >= 0.6 is 11.8 Å². The number of hydrazine groups is 1. The molecule has 2 atom stereocenters. The van der Waals surface area contributed by atoms with Crippen LogP contribution in [0, 0.1) is 11.8 Å². The van der Waals surface area contributed by atoms with Gasteiger partial charge < -0.3 is 4.74 Å². The molecule has 1 aliphatic heterocycles. The first kappa shape index (κ1) is 16.3. The molecule has 0 saturated carbocycles. The van der Waals surface area contributed by atoms with Crippen LogP contribution in [0.5, 0.6) is 0 Å². The molecular formula is C14H30N2OS. The third kappa shape index (κ3) is 4.41. The fourth-order valence-electron chi connectivity index (χ4n) is 2.94. The normalized spacial score (nSPS) is 27.7. The molecule has 108 valence electrons. The van der Waals surface area contributed by atoms with Crippen LogP contribution in [-0.2, 0) is 4.74 Å². The number of nitrogens with one attached hydrogen (secondary N) is 1. The van der Waals surface area contributed by atoms with Crippen LogP contribution < -0.4 is 11.3 Å². The molecule has 3 N–H and O–H groups in total. The van der Waals surface area contributed by atoms with Gasteiger partial charge >= 0.3 is 0 Å². The van der Waals surface area contributed by atoms with Gasteiger partial charge in [0.05, 0.1) is 11.2 Å². The fraction of sp³-hybridized carbons (Fsp3) is 1.00. The second-order valence-electron chi connectivity index (χ2n) is 6.98. The highest BCUT2D eigenvalue weighted by molar-refractivity contribution is 7.99. The predicted molar refractivity (Wildman–Crippen MR) is 80.6 cm³/mol. The highest BCUT2D eigenvalue weighted by Crippen LogP contribution is 2.43. The number of nitrogens with two attached hydrogens (primary N) is 1. The second-order valence-corrected chi connectivity index (χ2v) is 8.06. The Labute approximate surface area is 117 Å². The first-order valence-corrected chi connectivity index (χ1v) is 8.07. The third-order valence-electron chi connectivity index (χ3n) is 3.59. The van der Waals surface area contributed by atoms with Crippen molar-refractivity contribution < 1.29 is 4.74 Å². The van der Waals surface area contributed by atoms with Gasteiger partial charge in [0.2, 0.25) is 0 Å². The SMILES string of the molecule is CC(C)CSCC(NN)C1CC(C)(C)OC1(C)C. The van der Waals surface area contributed by atoms with Gasteiger partial charge in [0.1, 0.15) is 0 Å². The van der Waals surface area contributed by atoms with E-state index in [0.717, 1.165) is 18.1 Å². The number of hydrogen-bond donors (Lipinski definition) is 2. The average molecular weight is 274 g/mol. The first-order valence-electron chi connectivity index (χ1n) is 6.92. The van der Waals surface area contributed by atoms with Gasteiger partial charge in [-0.05, 0) is 45.8 Å². The summed E-state index contributed by atoms with van der Waals surface area (Å²) in [5, 5.41) is 0. The number of hydrogen-bond acceptors (Lipinski definition) is 4. The largest absolute Gasteiger partial charge is 0.369 e. The summed E-state index contributed by atoms with van der Waals surface area (Å²) in [6, 6.07) is 0.325.